The maximum absolute atomic E-state index is 9.58. The van der Waals surface area contributed by atoms with Gasteiger partial charge in [0.25, 0.3) is 0 Å². The van der Waals surface area contributed by atoms with E-state index in [0.29, 0.717) is 4.90 Å². The summed E-state index contributed by atoms with van der Waals surface area (Å²) in [7, 11) is 0. The van der Waals surface area contributed by atoms with Gasteiger partial charge in [-0.3, -0.25) is 0 Å². The van der Waals surface area contributed by atoms with Gasteiger partial charge >= 0.3 is 0 Å². The predicted molar refractivity (Wildman–Crippen MR) is 229 cm³/mol. The molecule has 0 saturated heterocycles. The predicted octanol–water partition coefficient (Wildman–Crippen LogP) is 15.1. The Bertz CT molecular complexity index is 5030. The first-order chi connectivity index (χ1) is 41.0. The van der Waals surface area contributed by atoms with Crippen molar-refractivity contribution in [1.29, 1.82) is 0 Å². The van der Waals surface area contributed by atoms with Gasteiger partial charge in [-0.25, -0.2) is 0 Å². The fourth-order valence-corrected chi connectivity index (χ4v) is 6.03. The molecule has 0 radical (unpaired) electrons. The molecular weight excluding hydrogens is 671 g/mol. The molecule has 11 aromatic rings. The average molecular weight is 737 g/mol. The molecule has 258 valence electrons. The highest BCUT2D eigenvalue weighted by molar-refractivity contribution is 6.19. The average Bonchev–Trinajstić information content (AvgIpc) is 2.25. The van der Waals surface area contributed by atoms with E-state index in [1.165, 1.54) is 0 Å². The normalized spacial score (nSPS) is 20.0. The number of rotatable bonds is 6. The minimum Gasteiger partial charge on any atom is -0.455 e. The quantitative estimate of drug-likeness (QED) is 0.170. The van der Waals surface area contributed by atoms with E-state index in [0.717, 1.165) is 0 Å². The Balaban J connectivity index is 1.22. The monoisotopic (exact) mass is 736 g/mol. The van der Waals surface area contributed by atoms with Crippen LogP contribution in [0.25, 0.3) is 88.0 Å². The van der Waals surface area contributed by atoms with Gasteiger partial charge in [-0.1, -0.05) is 139 Å². The Morgan fingerprint density at radius 2 is 0.836 bits per heavy atom. The number of nitrogens with zero attached hydrogens (tertiary/aromatic N) is 1. The Hall–Kier alpha value is -7.36. The topological polar surface area (TPSA) is 29.5 Å². The van der Waals surface area contributed by atoms with E-state index >= 15 is 0 Å². The second-order valence-corrected chi connectivity index (χ2v) is 11.5. The highest BCUT2D eigenvalue weighted by Gasteiger charge is 2.18. The summed E-state index contributed by atoms with van der Waals surface area (Å²) in [5, 5.41) is -3.25. The van der Waals surface area contributed by atoms with Crippen molar-refractivity contribution >= 4 is 71.7 Å². The third-order valence-electron chi connectivity index (χ3n) is 8.44. The van der Waals surface area contributed by atoms with Crippen molar-refractivity contribution in [2.75, 3.05) is 4.90 Å². The van der Waals surface area contributed by atoms with Gasteiger partial charge in [0.2, 0.25) is 0 Å². The van der Waals surface area contributed by atoms with Crippen molar-refractivity contribution in [1.82, 2.24) is 0 Å². The SMILES string of the molecule is [2H]c1c([2H])c([2H])c(-c2c([2H])c3c(oc4c([2H])c(-c5c([2H])c([2H])c(N(c6c([2H])c([2H])c([2H])c([2H])c6[2H])c6c([2H])c([2H])c(-c7c([2H])c([2H])c([2H])c8c7oc7c([2H])c([2H])c([2H])c([2H])c78)c([2H])c6[2H])c([2H])c5[2H])c([2H])c([2H])c43)c3c([2H])c([2H])c([2H])c([2H])c23)c([2H])c1[2H]. The molecule has 11 rings (SSSR count). The van der Waals surface area contributed by atoms with Gasteiger partial charge in [0, 0.05) is 49.6 Å². The van der Waals surface area contributed by atoms with E-state index in [1.54, 1.807) is 0 Å². The first-order valence-electron chi connectivity index (χ1n) is 32.5. The van der Waals surface area contributed by atoms with Gasteiger partial charge in [0.15, 0.2) is 0 Å². The van der Waals surface area contributed by atoms with Crippen LogP contribution in [0.3, 0.4) is 0 Å². The van der Waals surface area contributed by atoms with Crippen molar-refractivity contribution in [3.63, 3.8) is 0 Å². The van der Waals surface area contributed by atoms with Crippen LogP contribution in [0.1, 0.15) is 45.2 Å². The summed E-state index contributed by atoms with van der Waals surface area (Å²) in [5.41, 5.74) is -10.9. The number of benzene rings is 9. The van der Waals surface area contributed by atoms with E-state index < -0.39 is 304 Å². The van der Waals surface area contributed by atoms with Crippen molar-refractivity contribution < 1.29 is 54.1 Å². The lowest BCUT2D eigenvalue weighted by atomic mass is 9.95. The summed E-state index contributed by atoms with van der Waals surface area (Å²) in [6, 6.07) is -33.1. The van der Waals surface area contributed by atoms with E-state index in [2.05, 4.69) is 0 Å². The molecule has 0 atom stereocenters. The van der Waals surface area contributed by atoms with Crippen LogP contribution >= 0.6 is 0 Å². The van der Waals surface area contributed by atoms with E-state index in [-0.39, 0.29) is 0 Å². The molecular formula is C52H33NO2. The molecule has 0 bridgehead atoms. The number of furan rings is 2. The molecule has 0 aliphatic heterocycles. The van der Waals surface area contributed by atoms with Crippen molar-refractivity contribution in [3.8, 4) is 33.4 Å². The maximum atomic E-state index is 9.58. The van der Waals surface area contributed by atoms with E-state index in [9.17, 15) is 16.4 Å². The molecule has 0 aliphatic carbocycles. The van der Waals surface area contributed by atoms with Crippen LogP contribution in [0.5, 0.6) is 0 Å². The standard InChI is InChI=1S/C52H33NO2/c1-3-12-35(13-4-1)47-33-48-44-31-26-37(32-50(44)55-52(48)45-18-8-7-16-42(45)47)34-22-27-39(28-23-34)53(38-14-5-2-6-15-38)40-29-24-36(25-30-40)41-19-11-20-46-43-17-9-10-21-49(43)54-51(41)46/h1-33H/i1D,2D,3D,4D,5D,6D,7D,8D,9D,10D,11D,12D,13D,14D,15D,16D,17D,18D,19D,20D,21D,22D,23D,24D,25D,26D,27D,28D,29D,30D,31D,32D,33D. The zero-order valence-electron chi connectivity index (χ0n) is 60.3. The number of hydrogen-bond donors (Lipinski definition) is 0. The third kappa shape index (κ3) is 5.20. The maximum Gasteiger partial charge on any atom is 0.143 e. The number of para-hydroxylation sites is 3. The molecule has 9 aromatic carbocycles. The molecule has 0 saturated carbocycles. The van der Waals surface area contributed by atoms with Gasteiger partial charge in [-0.05, 0) is 93.6 Å². The second-order valence-electron chi connectivity index (χ2n) is 11.5. The van der Waals surface area contributed by atoms with Crippen LogP contribution in [0.4, 0.5) is 17.1 Å². The summed E-state index contributed by atoms with van der Waals surface area (Å²) in [4.78, 5) is 0.318. The lowest BCUT2D eigenvalue weighted by Crippen LogP contribution is -2.09. The summed E-state index contributed by atoms with van der Waals surface area (Å²) < 4.78 is 308. The molecule has 2 heterocycles. The molecule has 3 nitrogen and oxygen atoms in total. The Morgan fingerprint density at radius 3 is 1.60 bits per heavy atom. The largest absolute Gasteiger partial charge is 0.455 e. The van der Waals surface area contributed by atoms with Crippen LogP contribution in [0.2, 0.25) is 0 Å². The highest BCUT2D eigenvalue weighted by Crippen LogP contribution is 2.42. The van der Waals surface area contributed by atoms with Crippen LogP contribution in [0.15, 0.2) is 208 Å². The zero-order valence-corrected chi connectivity index (χ0v) is 27.3. The molecule has 55 heavy (non-hydrogen) atoms. The number of anilines is 3. The van der Waals surface area contributed by atoms with Gasteiger partial charge in [-0.15, -0.1) is 0 Å². The van der Waals surface area contributed by atoms with Gasteiger partial charge in [-0.2, -0.15) is 0 Å². The van der Waals surface area contributed by atoms with E-state index in [1.807, 2.05) is 0 Å². The summed E-state index contributed by atoms with van der Waals surface area (Å²) in [5.74, 6) is 0. The zero-order chi connectivity index (χ0) is 65.0. The first kappa shape index (κ1) is 12.6. The fraction of sp³-hybridized carbons (Fsp3) is 0. The van der Waals surface area contributed by atoms with Gasteiger partial charge in [0.1, 0.15) is 22.3 Å². The number of fused-ring (bicyclic) bond motifs is 8. The van der Waals surface area contributed by atoms with Gasteiger partial charge < -0.3 is 13.7 Å². The van der Waals surface area contributed by atoms with Crippen LogP contribution < -0.4 is 4.90 Å². The Kier molecular flexibility index (Phi) is 2.90. The second kappa shape index (κ2) is 12.6. The number of hydrogen-bond acceptors (Lipinski definition) is 3. The third-order valence-corrected chi connectivity index (χ3v) is 8.44. The van der Waals surface area contributed by atoms with Crippen molar-refractivity contribution in [2.24, 2.45) is 0 Å². The van der Waals surface area contributed by atoms with Crippen molar-refractivity contribution in [3.05, 3.63) is 199 Å². The summed E-state index contributed by atoms with van der Waals surface area (Å²) >= 11 is 0. The minimum absolute atomic E-state index is 0.318. The summed E-state index contributed by atoms with van der Waals surface area (Å²) in [6.45, 7) is 0. The molecule has 0 spiro atoms. The minimum atomic E-state index is -1.29. The first-order valence-corrected chi connectivity index (χ1v) is 16.0. The summed E-state index contributed by atoms with van der Waals surface area (Å²) in [6.07, 6.45) is 0. The highest BCUT2D eigenvalue weighted by atomic mass is 16.3. The lowest BCUT2D eigenvalue weighted by Gasteiger charge is -2.26. The Morgan fingerprint density at radius 1 is 0.309 bits per heavy atom. The van der Waals surface area contributed by atoms with Crippen LogP contribution in [-0.2, 0) is 0 Å². The Labute approximate surface area is 364 Å². The molecule has 0 unspecified atom stereocenters. The van der Waals surface area contributed by atoms with Crippen LogP contribution in [0, 0.1) is 0 Å². The smallest absolute Gasteiger partial charge is 0.143 e. The fourth-order valence-electron chi connectivity index (χ4n) is 6.03. The van der Waals surface area contributed by atoms with E-state index in [4.69, 9.17) is 37.6 Å². The molecule has 3 heteroatoms. The van der Waals surface area contributed by atoms with Crippen LogP contribution in [-0.4, -0.2) is 0 Å². The van der Waals surface area contributed by atoms with Crippen molar-refractivity contribution in [2.45, 2.75) is 0 Å². The molecule has 2 aromatic heterocycles. The lowest BCUT2D eigenvalue weighted by molar-refractivity contribution is 0.670. The molecule has 0 amide bonds. The van der Waals surface area contributed by atoms with Gasteiger partial charge in [0.05, 0.1) is 45.2 Å². The molecule has 0 N–H and O–H groups in total. The molecule has 0 aliphatic rings. The molecule has 0 fully saturated rings.